The van der Waals surface area contributed by atoms with Crippen molar-refractivity contribution in [3.05, 3.63) is 36.3 Å². The molecule has 0 aliphatic heterocycles. The smallest absolute Gasteiger partial charge is 0.128 e. The van der Waals surface area contributed by atoms with Crippen LogP contribution in [0.15, 0.2) is 30.5 Å². The first-order chi connectivity index (χ1) is 6.90. The maximum absolute atomic E-state index is 4.50. The number of unbranched alkanes of at least 4 members (excludes halogenated alkanes) is 1. The normalized spacial score (nSPS) is 10.6. The van der Waals surface area contributed by atoms with Gasteiger partial charge < -0.3 is 0 Å². The fraction of sp³-hybridized carbons (Fsp3) is 0.333. The molecule has 0 amide bonds. The molecule has 0 saturated heterocycles. The number of benzene rings is 1. The average molecular weight is 186 g/mol. The van der Waals surface area contributed by atoms with Gasteiger partial charge in [0.2, 0.25) is 0 Å². The maximum atomic E-state index is 4.50. The van der Waals surface area contributed by atoms with Gasteiger partial charge in [0.05, 0.1) is 5.52 Å². The Morgan fingerprint density at radius 2 is 2.07 bits per heavy atom. The SMILES string of the molecule is CCCCc1ncc2ccccc2n1. The predicted molar refractivity (Wildman–Crippen MR) is 58.2 cm³/mol. The number of fused-ring (bicyclic) bond motifs is 1. The Morgan fingerprint density at radius 1 is 1.21 bits per heavy atom. The van der Waals surface area contributed by atoms with Gasteiger partial charge in [-0.15, -0.1) is 0 Å². The topological polar surface area (TPSA) is 25.8 Å². The highest BCUT2D eigenvalue weighted by Crippen LogP contribution is 2.10. The number of para-hydroxylation sites is 1. The highest BCUT2D eigenvalue weighted by atomic mass is 14.9. The highest BCUT2D eigenvalue weighted by Gasteiger charge is 1.98. The van der Waals surface area contributed by atoms with E-state index in [-0.39, 0.29) is 0 Å². The van der Waals surface area contributed by atoms with E-state index in [1.165, 1.54) is 12.8 Å². The summed E-state index contributed by atoms with van der Waals surface area (Å²) in [4.78, 5) is 8.83. The van der Waals surface area contributed by atoms with E-state index in [4.69, 9.17) is 0 Å². The minimum Gasteiger partial charge on any atom is -0.241 e. The molecule has 0 fully saturated rings. The lowest BCUT2D eigenvalue weighted by atomic mass is 10.2. The zero-order chi connectivity index (χ0) is 9.80. The standard InChI is InChI=1S/C12H14N2/c1-2-3-8-12-13-9-10-6-4-5-7-11(10)14-12/h4-7,9H,2-3,8H2,1H3. The molecule has 72 valence electrons. The van der Waals surface area contributed by atoms with Crippen LogP contribution in [0.5, 0.6) is 0 Å². The van der Waals surface area contributed by atoms with Gasteiger partial charge in [-0.25, -0.2) is 9.97 Å². The second kappa shape index (κ2) is 4.18. The average Bonchev–Trinajstić information content (AvgIpc) is 2.26. The first kappa shape index (κ1) is 9.13. The Kier molecular flexibility index (Phi) is 2.73. The van der Waals surface area contributed by atoms with Gasteiger partial charge in [0.25, 0.3) is 0 Å². The van der Waals surface area contributed by atoms with Gasteiger partial charge in [-0.2, -0.15) is 0 Å². The third-order valence-electron chi connectivity index (χ3n) is 2.29. The van der Waals surface area contributed by atoms with Crippen molar-refractivity contribution in [3.8, 4) is 0 Å². The Morgan fingerprint density at radius 3 is 2.93 bits per heavy atom. The molecule has 0 atom stereocenters. The number of aromatic nitrogens is 2. The first-order valence-corrected chi connectivity index (χ1v) is 5.11. The predicted octanol–water partition coefficient (Wildman–Crippen LogP) is 2.97. The Balaban J connectivity index is 2.32. The van der Waals surface area contributed by atoms with Gasteiger partial charge in [-0.3, -0.25) is 0 Å². The van der Waals surface area contributed by atoms with Crippen LogP contribution in [-0.4, -0.2) is 9.97 Å². The van der Waals surface area contributed by atoms with Crippen molar-refractivity contribution in [1.82, 2.24) is 9.97 Å². The molecule has 0 unspecified atom stereocenters. The molecule has 0 saturated carbocycles. The summed E-state index contributed by atoms with van der Waals surface area (Å²) in [7, 11) is 0. The zero-order valence-corrected chi connectivity index (χ0v) is 8.40. The summed E-state index contributed by atoms with van der Waals surface area (Å²) >= 11 is 0. The molecule has 0 radical (unpaired) electrons. The highest BCUT2D eigenvalue weighted by molar-refractivity contribution is 5.77. The van der Waals surface area contributed by atoms with Crippen LogP contribution < -0.4 is 0 Å². The summed E-state index contributed by atoms with van der Waals surface area (Å²) in [6, 6.07) is 8.10. The van der Waals surface area contributed by atoms with Crippen molar-refractivity contribution in [1.29, 1.82) is 0 Å². The van der Waals surface area contributed by atoms with Gasteiger partial charge in [0.1, 0.15) is 5.82 Å². The van der Waals surface area contributed by atoms with Gasteiger partial charge in [0, 0.05) is 18.0 Å². The van der Waals surface area contributed by atoms with Gasteiger partial charge in [-0.1, -0.05) is 31.5 Å². The molecule has 1 aromatic heterocycles. The molecule has 0 N–H and O–H groups in total. The van der Waals surface area contributed by atoms with E-state index in [2.05, 4.69) is 16.9 Å². The number of rotatable bonds is 3. The molecule has 1 aromatic carbocycles. The van der Waals surface area contributed by atoms with Crippen LogP contribution >= 0.6 is 0 Å². The van der Waals surface area contributed by atoms with Crippen LogP contribution in [0.2, 0.25) is 0 Å². The summed E-state index contributed by atoms with van der Waals surface area (Å²) < 4.78 is 0. The Hall–Kier alpha value is -1.44. The van der Waals surface area contributed by atoms with Crippen LogP contribution in [0.4, 0.5) is 0 Å². The van der Waals surface area contributed by atoms with Crippen molar-refractivity contribution >= 4 is 10.9 Å². The minimum atomic E-state index is 0.963. The van der Waals surface area contributed by atoms with E-state index in [0.717, 1.165) is 23.1 Å². The Labute approximate surface area is 84.0 Å². The van der Waals surface area contributed by atoms with E-state index in [1.807, 2.05) is 30.5 Å². The van der Waals surface area contributed by atoms with E-state index in [0.29, 0.717) is 0 Å². The summed E-state index contributed by atoms with van der Waals surface area (Å²) in [5, 5.41) is 1.12. The van der Waals surface area contributed by atoms with Crippen LogP contribution in [-0.2, 0) is 6.42 Å². The van der Waals surface area contributed by atoms with Crippen molar-refractivity contribution < 1.29 is 0 Å². The molecule has 0 bridgehead atoms. The lowest BCUT2D eigenvalue weighted by Crippen LogP contribution is -1.94. The molecule has 2 heteroatoms. The summed E-state index contributed by atoms with van der Waals surface area (Å²) in [6.07, 6.45) is 5.25. The number of nitrogens with zero attached hydrogens (tertiary/aromatic N) is 2. The zero-order valence-electron chi connectivity index (χ0n) is 8.40. The van der Waals surface area contributed by atoms with Crippen LogP contribution in [0.25, 0.3) is 10.9 Å². The molecule has 0 aliphatic carbocycles. The second-order valence-corrected chi connectivity index (χ2v) is 3.45. The molecular weight excluding hydrogens is 172 g/mol. The van der Waals surface area contributed by atoms with Crippen LogP contribution in [0.1, 0.15) is 25.6 Å². The summed E-state index contributed by atoms with van der Waals surface area (Å²) in [6.45, 7) is 2.18. The second-order valence-electron chi connectivity index (χ2n) is 3.45. The third kappa shape index (κ3) is 1.90. The molecule has 1 heterocycles. The number of hydrogen-bond acceptors (Lipinski definition) is 2. The van der Waals surface area contributed by atoms with Crippen molar-refractivity contribution in [3.63, 3.8) is 0 Å². The Bertz CT molecular complexity index is 423. The maximum Gasteiger partial charge on any atom is 0.128 e. The molecule has 0 aliphatic rings. The lowest BCUT2D eigenvalue weighted by Gasteiger charge is -2.00. The third-order valence-corrected chi connectivity index (χ3v) is 2.29. The van der Waals surface area contributed by atoms with E-state index < -0.39 is 0 Å². The fourth-order valence-electron chi connectivity index (χ4n) is 1.47. The summed E-state index contributed by atoms with van der Waals surface area (Å²) in [5.41, 5.74) is 1.05. The number of aryl methyl sites for hydroxylation is 1. The monoisotopic (exact) mass is 186 g/mol. The number of hydrogen-bond donors (Lipinski definition) is 0. The fourth-order valence-corrected chi connectivity index (χ4v) is 1.47. The van der Waals surface area contributed by atoms with Gasteiger partial charge in [0.15, 0.2) is 0 Å². The lowest BCUT2D eigenvalue weighted by molar-refractivity contribution is 0.757. The van der Waals surface area contributed by atoms with Crippen molar-refractivity contribution in [2.45, 2.75) is 26.2 Å². The largest absolute Gasteiger partial charge is 0.241 e. The van der Waals surface area contributed by atoms with Crippen molar-refractivity contribution in [2.75, 3.05) is 0 Å². The molecule has 2 rings (SSSR count). The molecule has 14 heavy (non-hydrogen) atoms. The van der Waals surface area contributed by atoms with E-state index in [1.54, 1.807) is 0 Å². The van der Waals surface area contributed by atoms with Crippen LogP contribution in [0.3, 0.4) is 0 Å². The van der Waals surface area contributed by atoms with E-state index >= 15 is 0 Å². The van der Waals surface area contributed by atoms with Crippen molar-refractivity contribution in [2.24, 2.45) is 0 Å². The molecule has 2 aromatic rings. The van der Waals surface area contributed by atoms with Crippen LogP contribution in [0, 0.1) is 0 Å². The first-order valence-electron chi connectivity index (χ1n) is 5.11. The van der Waals surface area contributed by atoms with E-state index in [9.17, 15) is 0 Å². The molecule has 2 nitrogen and oxygen atoms in total. The molecular formula is C12H14N2. The summed E-state index contributed by atoms with van der Waals surface area (Å²) in [5.74, 6) is 0.963. The van der Waals surface area contributed by atoms with Gasteiger partial charge in [-0.05, 0) is 12.5 Å². The van der Waals surface area contributed by atoms with Gasteiger partial charge >= 0.3 is 0 Å². The molecule has 0 spiro atoms. The quantitative estimate of drug-likeness (QED) is 0.736. The minimum absolute atomic E-state index is 0.963.